The van der Waals surface area contributed by atoms with E-state index in [4.69, 9.17) is 10.5 Å². The van der Waals surface area contributed by atoms with Crippen molar-refractivity contribution in [1.29, 1.82) is 0 Å². The number of hydrogen-bond donors (Lipinski definition) is 2. The average molecular weight is 263 g/mol. The summed E-state index contributed by atoms with van der Waals surface area (Å²) in [6, 6.07) is 7.92. The first-order chi connectivity index (χ1) is 9.15. The zero-order valence-corrected chi connectivity index (χ0v) is 9.86. The van der Waals surface area contributed by atoms with Crippen molar-refractivity contribution in [3.63, 3.8) is 0 Å². The van der Waals surface area contributed by atoms with Crippen LogP contribution in [-0.4, -0.2) is 11.6 Å². The number of halogens is 2. The van der Waals surface area contributed by atoms with Gasteiger partial charge in [0.15, 0.2) is 23.3 Å². The fourth-order valence-corrected chi connectivity index (χ4v) is 2.03. The van der Waals surface area contributed by atoms with Crippen molar-refractivity contribution >= 4 is 11.6 Å². The van der Waals surface area contributed by atoms with E-state index in [1.165, 1.54) is 0 Å². The Kier molecular flexibility index (Phi) is 2.70. The van der Waals surface area contributed by atoms with Crippen LogP contribution in [0.25, 0.3) is 0 Å². The van der Waals surface area contributed by atoms with Gasteiger partial charge in [0.25, 0.3) is 0 Å². The molecule has 3 rings (SSSR count). The predicted octanol–water partition coefficient (Wildman–Crippen LogP) is 2.49. The number of pyridine rings is 1. The third-order valence-electron chi connectivity index (χ3n) is 2.97. The molecule has 0 radical (unpaired) electrons. The molecule has 1 aliphatic rings. The third-order valence-corrected chi connectivity index (χ3v) is 2.97. The maximum atomic E-state index is 13.6. The molecular weight excluding hydrogens is 252 g/mol. The molecule has 0 fully saturated rings. The normalized spacial score (nSPS) is 16.8. The van der Waals surface area contributed by atoms with Gasteiger partial charge in [-0.1, -0.05) is 18.2 Å². The Bertz CT molecular complexity index is 633. The van der Waals surface area contributed by atoms with Gasteiger partial charge in [-0.05, 0) is 6.07 Å². The van der Waals surface area contributed by atoms with Gasteiger partial charge in [0.05, 0.1) is 6.04 Å². The number of anilines is 2. The van der Waals surface area contributed by atoms with Gasteiger partial charge in [-0.25, -0.2) is 13.8 Å². The molecule has 0 saturated heterocycles. The number of benzene rings is 1. The summed E-state index contributed by atoms with van der Waals surface area (Å²) in [5, 5.41) is 2.88. The second-order valence-electron chi connectivity index (χ2n) is 4.23. The van der Waals surface area contributed by atoms with E-state index in [0.717, 1.165) is 11.3 Å². The van der Waals surface area contributed by atoms with Gasteiger partial charge in [0, 0.05) is 11.6 Å². The van der Waals surface area contributed by atoms with Crippen LogP contribution in [0.3, 0.4) is 0 Å². The van der Waals surface area contributed by atoms with E-state index in [2.05, 4.69) is 10.3 Å². The number of rotatable bonds is 2. The summed E-state index contributed by atoms with van der Waals surface area (Å²) in [7, 11) is 0. The molecule has 1 atom stereocenters. The van der Waals surface area contributed by atoms with Crippen molar-refractivity contribution in [2.24, 2.45) is 0 Å². The summed E-state index contributed by atoms with van der Waals surface area (Å²) in [5.74, 6) is -1.32. The fraction of sp³-hybridized carbons (Fsp3) is 0.154. The first kappa shape index (κ1) is 11.7. The number of para-hydroxylation sites is 1. The molecule has 0 amide bonds. The van der Waals surface area contributed by atoms with Gasteiger partial charge >= 0.3 is 0 Å². The molecule has 0 spiro atoms. The Hall–Kier alpha value is -2.37. The molecule has 1 aliphatic heterocycles. The maximum absolute atomic E-state index is 13.6. The van der Waals surface area contributed by atoms with Crippen molar-refractivity contribution in [3.8, 4) is 5.75 Å². The van der Waals surface area contributed by atoms with Crippen molar-refractivity contribution in [2.45, 2.75) is 6.04 Å². The van der Waals surface area contributed by atoms with E-state index in [0.29, 0.717) is 12.7 Å². The lowest BCUT2D eigenvalue weighted by Gasteiger charge is -2.13. The Morgan fingerprint density at radius 2 is 2.05 bits per heavy atom. The van der Waals surface area contributed by atoms with Crippen LogP contribution in [0.1, 0.15) is 11.6 Å². The van der Waals surface area contributed by atoms with Gasteiger partial charge < -0.3 is 15.8 Å². The summed E-state index contributed by atoms with van der Waals surface area (Å²) in [6.45, 7) is 0.359. The topological polar surface area (TPSA) is 60.2 Å². The summed E-state index contributed by atoms with van der Waals surface area (Å²) in [4.78, 5) is 3.67. The Balaban J connectivity index is 1.89. The Labute approximate surface area is 108 Å². The monoisotopic (exact) mass is 263 g/mol. The minimum Gasteiger partial charge on any atom is -0.491 e. The highest BCUT2D eigenvalue weighted by Gasteiger charge is 2.25. The van der Waals surface area contributed by atoms with E-state index in [1.54, 1.807) is 0 Å². The zero-order valence-electron chi connectivity index (χ0n) is 9.86. The van der Waals surface area contributed by atoms with Gasteiger partial charge in [0.2, 0.25) is 0 Å². The molecule has 0 bridgehead atoms. The second-order valence-corrected chi connectivity index (χ2v) is 4.23. The summed E-state index contributed by atoms with van der Waals surface area (Å²) < 4.78 is 32.1. The first-order valence-electron chi connectivity index (χ1n) is 5.75. The number of aromatic nitrogens is 1. The Morgan fingerprint density at radius 3 is 2.89 bits per heavy atom. The highest BCUT2D eigenvalue weighted by Crippen LogP contribution is 2.34. The number of nitrogens with zero attached hydrogens (tertiary/aromatic N) is 1. The molecule has 2 aromatic rings. The van der Waals surface area contributed by atoms with Gasteiger partial charge in [-0.15, -0.1) is 0 Å². The molecule has 6 heteroatoms. The number of hydrogen-bond acceptors (Lipinski definition) is 4. The standard InChI is InChI=1S/C13H11F2N3O/c14-8-5-9(15)13(18-12(8)16)17-10-6-19-11-4-2-1-3-7(10)11/h1-5,10H,6H2,(H3,16,17,18). The summed E-state index contributed by atoms with van der Waals surface area (Å²) in [6.07, 6.45) is 0. The molecule has 19 heavy (non-hydrogen) atoms. The lowest BCUT2D eigenvalue weighted by molar-refractivity contribution is 0.339. The Morgan fingerprint density at radius 1 is 1.26 bits per heavy atom. The van der Waals surface area contributed by atoms with Crippen molar-refractivity contribution < 1.29 is 13.5 Å². The number of nitrogens with two attached hydrogens (primary N) is 1. The van der Waals surface area contributed by atoms with Crippen LogP contribution in [-0.2, 0) is 0 Å². The van der Waals surface area contributed by atoms with Crippen LogP contribution in [0.2, 0.25) is 0 Å². The molecule has 1 aromatic carbocycles. The number of nitrogen functional groups attached to an aromatic ring is 1. The van der Waals surface area contributed by atoms with E-state index in [1.807, 2.05) is 24.3 Å². The van der Waals surface area contributed by atoms with Gasteiger partial charge in [-0.3, -0.25) is 0 Å². The minimum atomic E-state index is -0.869. The molecule has 0 aliphatic carbocycles. The summed E-state index contributed by atoms with van der Waals surface area (Å²) >= 11 is 0. The molecule has 4 nitrogen and oxygen atoms in total. The summed E-state index contributed by atoms with van der Waals surface area (Å²) in [5.41, 5.74) is 6.24. The van der Waals surface area contributed by atoms with Gasteiger partial charge in [0.1, 0.15) is 12.4 Å². The molecule has 0 saturated carbocycles. The van der Waals surface area contributed by atoms with Crippen LogP contribution < -0.4 is 15.8 Å². The highest BCUT2D eigenvalue weighted by molar-refractivity contribution is 5.49. The van der Waals surface area contributed by atoms with E-state index in [-0.39, 0.29) is 17.7 Å². The second kappa shape index (κ2) is 4.38. The van der Waals surface area contributed by atoms with Gasteiger partial charge in [-0.2, -0.15) is 0 Å². The van der Waals surface area contributed by atoms with E-state index < -0.39 is 11.6 Å². The molecule has 98 valence electrons. The van der Waals surface area contributed by atoms with Crippen LogP contribution in [0.4, 0.5) is 20.4 Å². The van der Waals surface area contributed by atoms with Crippen molar-refractivity contribution in [1.82, 2.24) is 4.98 Å². The molecule has 1 aromatic heterocycles. The number of fused-ring (bicyclic) bond motifs is 1. The first-order valence-corrected chi connectivity index (χ1v) is 5.75. The largest absolute Gasteiger partial charge is 0.491 e. The van der Waals surface area contributed by atoms with Crippen LogP contribution >= 0.6 is 0 Å². The van der Waals surface area contributed by atoms with Crippen LogP contribution in [0.15, 0.2) is 30.3 Å². The predicted molar refractivity (Wildman–Crippen MR) is 66.9 cm³/mol. The molecule has 1 unspecified atom stereocenters. The molecular formula is C13H11F2N3O. The lowest BCUT2D eigenvalue weighted by Crippen LogP contribution is -2.15. The maximum Gasteiger partial charge on any atom is 0.168 e. The van der Waals surface area contributed by atoms with Crippen LogP contribution in [0.5, 0.6) is 5.75 Å². The SMILES string of the molecule is Nc1nc(NC2COc3ccccc32)c(F)cc1F. The lowest BCUT2D eigenvalue weighted by atomic mass is 10.1. The van der Waals surface area contributed by atoms with Crippen molar-refractivity contribution in [3.05, 3.63) is 47.5 Å². The number of ether oxygens (including phenoxy) is 1. The molecule has 3 N–H and O–H groups in total. The number of nitrogens with one attached hydrogen (secondary N) is 1. The quantitative estimate of drug-likeness (QED) is 0.874. The fourth-order valence-electron chi connectivity index (χ4n) is 2.03. The van der Waals surface area contributed by atoms with E-state index in [9.17, 15) is 8.78 Å². The third kappa shape index (κ3) is 2.05. The highest BCUT2D eigenvalue weighted by atomic mass is 19.1. The average Bonchev–Trinajstić information content (AvgIpc) is 2.80. The van der Waals surface area contributed by atoms with E-state index >= 15 is 0 Å². The molecule has 2 heterocycles. The zero-order chi connectivity index (χ0) is 13.4. The minimum absolute atomic E-state index is 0.0794. The van der Waals surface area contributed by atoms with Crippen LogP contribution in [0, 0.1) is 11.6 Å². The van der Waals surface area contributed by atoms with Crippen molar-refractivity contribution in [2.75, 3.05) is 17.7 Å². The smallest absolute Gasteiger partial charge is 0.168 e.